The van der Waals surface area contributed by atoms with Gasteiger partial charge in [-0.25, -0.2) is 0 Å². The van der Waals surface area contributed by atoms with Crippen molar-refractivity contribution in [2.45, 2.75) is 46.2 Å². The van der Waals surface area contributed by atoms with Crippen LogP contribution in [-0.2, 0) is 0 Å². The Morgan fingerprint density at radius 3 is 2.62 bits per heavy atom. The maximum absolute atomic E-state index is 3.48. The van der Waals surface area contributed by atoms with Gasteiger partial charge >= 0.3 is 0 Å². The molecule has 16 heavy (non-hydrogen) atoms. The third kappa shape index (κ3) is 4.81. The van der Waals surface area contributed by atoms with Gasteiger partial charge in [0.1, 0.15) is 0 Å². The lowest BCUT2D eigenvalue weighted by atomic mass is 10.2. The van der Waals surface area contributed by atoms with E-state index in [0.29, 0.717) is 6.04 Å². The Labute approximate surface area is 101 Å². The van der Waals surface area contributed by atoms with Gasteiger partial charge in [0.05, 0.1) is 0 Å². The molecule has 1 aliphatic heterocycles. The van der Waals surface area contributed by atoms with Crippen LogP contribution in [0.5, 0.6) is 0 Å². The highest BCUT2D eigenvalue weighted by molar-refractivity contribution is 4.78. The van der Waals surface area contributed by atoms with Crippen molar-refractivity contribution in [3.8, 4) is 0 Å². The SMILES string of the molecule is CCN1CCN(CCCNC(C)C)CC1C. The first-order valence-corrected chi connectivity index (χ1v) is 6.83. The van der Waals surface area contributed by atoms with E-state index in [-0.39, 0.29) is 0 Å². The topological polar surface area (TPSA) is 18.5 Å². The standard InChI is InChI=1S/C13H29N3/c1-5-16-10-9-15(11-13(16)4)8-6-7-14-12(2)3/h12-14H,5-11H2,1-4H3. The normalized spacial score (nSPS) is 24.2. The molecule has 1 heterocycles. The Bertz CT molecular complexity index is 182. The van der Waals surface area contributed by atoms with E-state index in [9.17, 15) is 0 Å². The average Bonchev–Trinajstić information content (AvgIpc) is 2.24. The highest BCUT2D eigenvalue weighted by Gasteiger charge is 2.21. The lowest BCUT2D eigenvalue weighted by molar-refractivity contribution is 0.0873. The molecule has 0 aromatic heterocycles. The number of likely N-dealkylation sites (N-methyl/N-ethyl adjacent to an activating group) is 1. The molecule has 0 radical (unpaired) electrons. The summed E-state index contributed by atoms with van der Waals surface area (Å²) in [6.07, 6.45) is 1.27. The first-order valence-electron chi connectivity index (χ1n) is 6.83. The fraction of sp³-hybridized carbons (Fsp3) is 1.00. The summed E-state index contributed by atoms with van der Waals surface area (Å²) < 4.78 is 0. The molecule has 1 aliphatic rings. The summed E-state index contributed by atoms with van der Waals surface area (Å²) in [5.74, 6) is 0. The first kappa shape index (κ1) is 13.9. The lowest BCUT2D eigenvalue weighted by Gasteiger charge is -2.39. The van der Waals surface area contributed by atoms with Crippen molar-refractivity contribution in [1.29, 1.82) is 0 Å². The molecule has 3 heteroatoms. The number of piperazine rings is 1. The van der Waals surface area contributed by atoms with Crippen molar-refractivity contribution in [2.75, 3.05) is 39.3 Å². The third-order valence-corrected chi connectivity index (χ3v) is 3.46. The summed E-state index contributed by atoms with van der Waals surface area (Å²) in [5.41, 5.74) is 0. The van der Waals surface area contributed by atoms with Crippen molar-refractivity contribution in [3.63, 3.8) is 0 Å². The molecule has 96 valence electrons. The van der Waals surface area contributed by atoms with Gasteiger partial charge in [-0.1, -0.05) is 20.8 Å². The van der Waals surface area contributed by atoms with Gasteiger partial charge in [0.15, 0.2) is 0 Å². The molecule has 0 spiro atoms. The fourth-order valence-corrected chi connectivity index (χ4v) is 2.44. The zero-order valence-corrected chi connectivity index (χ0v) is 11.5. The van der Waals surface area contributed by atoms with Crippen LogP contribution in [-0.4, -0.2) is 61.2 Å². The van der Waals surface area contributed by atoms with Gasteiger partial charge in [-0.3, -0.25) is 4.90 Å². The van der Waals surface area contributed by atoms with Gasteiger partial charge < -0.3 is 10.2 Å². The van der Waals surface area contributed by atoms with E-state index in [4.69, 9.17) is 0 Å². The van der Waals surface area contributed by atoms with Gasteiger partial charge in [0.25, 0.3) is 0 Å². The second-order valence-corrected chi connectivity index (χ2v) is 5.24. The van der Waals surface area contributed by atoms with Gasteiger partial charge in [-0.2, -0.15) is 0 Å². The zero-order chi connectivity index (χ0) is 12.0. The van der Waals surface area contributed by atoms with Crippen LogP contribution in [0.2, 0.25) is 0 Å². The van der Waals surface area contributed by atoms with E-state index < -0.39 is 0 Å². The molecule has 1 fully saturated rings. The van der Waals surface area contributed by atoms with E-state index in [1.54, 1.807) is 0 Å². The predicted octanol–water partition coefficient (Wildman–Crippen LogP) is 1.40. The summed E-state index contributed by atoms with van der Waals surface area (Å²) in [7, 11) is 0. The van der Waals surface area contributed by atoms with Crippen LogP contribution in [0.1, 0.15) is 34.1 Å². The minimum Gasteiger partial charge on any atom is -0.314 e. The molecule has 0 bridgehead atoms. The minimum atomic E-state index is 0.621. The molecule has 1 unspecified atom stereocenters. The average molecular weight is 227 g/mol. The summed E-state index contributed by atoms with van der Waals surface area (Å²) in [6.45, 7) is 16.4. The van der Waals surface area contributed by atoms with Crippen LogP contribution in [0.4, 0.5) is 0 Å². The third-order valence-electron chi connectivity index (χ3n) is 3.46. The zero-order valence-electron chi connectivity index (χ0n) is 11.5. The Kier molecular flexibility index (Phi) is 6.32. The van der Waals surface area contributed by atoms with Gasteiger partial charge in [0.2, 0.25) is 0 Å². The molecule has 1 atom stereocenters. The van der Waals surface area contributed by atoms with E-state index in [0.717, 1.165) is 12.6 Å². The number of hydrogen-bond donors (Lipinski definition) is 1. The lowest BCUT2D eigenvalue weighted by Crippen LogP contribution is -2.51. The Hall–Kier alpha value is -0.120. The molecule has 0 saturated carbocycles. The molecule has 1 rings (SSSR count). The fourth-order valence-electron chi connectivity index (χ4n) is 2.44. The van der Waals surface area contributed by atoms with E-state index in [1.165, 1.54) is 39.1 Å². The first-order chi connectivity index (χ1) is 7.63. The highest BCUT2D eigenvalue weighted by atomic mass is 15.3. The molecule has 1 saturated heterocycles. The quantitative estimate of drug-likeness (QED) is 0.692. The Balaban J connectivity index is 2.10. The monoisotopic (exact) mass is 227 g/mol. The maximum atomic E-state index is 3.48. The summed E-state index contributed by atoms with van der Waals surface area (Å²) in [6, 6.07) is 1.35. The van der Waals surface area contributed by atoms with Crippen LogP contribution < -0.4 is 5.32 Å². The van der Waals surface area contributed by atoms with Crippen molar-refractivity contribution < 1.29 is 0 Å². The van der Waals surface area contributed by atoms with Gasteiger partial charge in [-0.15, -0.1) is 0 Å². The van der Waals surface area contributed by atoms with Crippen molar-refractivity contribution in [1.82, 2.24) is 15.1 Å². The largest absolute Gasteiger partial charge is 0.314 e. The van der Waals surface area contributed by atoms with Crippen LogP contribution >= 0.6 is 0 Å². The molecule has 0 aromatic carbocycles. The van der Waals surface area contributed by atoms with Crippen molar-refractivity contribution >= 4 is 0 Å². The molecule has 0 amide bonds. The number of nitrogens with zero attached hydrogens (tertiary/aromatic N) is 2. The molecular weight excluding hydrogens is 198 g/mol. The summed E-state index contributed by atoms with van der Waals surface area (Å²) in [4.78, 5) is 5.18. The van der Waals surface area contributed by atoms with Crippen LogP contribution in [0, 0.1) is 0 Å². The van der Waals surface area contributed by atoms with Crippen LogP contribution in [0.15, 0.2) is 0 Å². The number of hydrogen-bond acceptors (Lipinski definition) is 3. The molecule has 0 aliphatic carbocycles. The van der Waals surface area contributed by atoms with Crippen LogP contribution in [0.25, 0.3) is 0 Å². The second-order valence-electron chi connectivity index (χ2n) is 5.24. The molecule has 1 N–H and O–H groups in total. The minimum absolute atomic E-state index is 0.621. The smallest absolute Gasteiger partial charge is 0.0195 e. The van der Waals surface area contributed by atoms with E-state index in [1.807, 2.05) is 0 Å². The number of nitrogens with one attached hydrogen (secondary N) is 1. The van der Waals surface area contributed by atoms with Crippen molar-refractivity contribution in [2.24, 2.45) is 0 Å². The Morgan fingerprint density at radius 2 is 2.06 bits per heavy atom. The predicted molar refractivity (Wildman–Crippen MR) is 70.9 cm³/mol. The van der Waals surface area contributed by atoms with E-state index >= 15 is 0 Å². The Morgan fingerprint density at radius 1 is 1.31 bits per heavy atom. The van der Waals surface area contributed by atoms with Crippen molar-refractivity contribution in [3.05, 3.63) is 0 Å². The summed E-state index contributed by atoms with van der Waals surface area (Å²) in [5, 5.41) is 3.48. The summed E-state index contributed by atoms with van der Waals surface area (Å²) >= 11 is 0. The maximum Gasteiger partial charge on any atom is 0.0195 e. The van der Waals surface area contributed by atoms with Crippen LogP contribution in [0.3, 0.4) is 0 Å². The molecule has 3 nitrogen and oxygen atoms in total. The van der Waals surface area contributed by atoms with Gasteiger partial charge in [-0.05, 0) is 33.0 Å². The number of rotatable bonds is 6. The molecular formula is C13H29N3. The molecule has 0 aromatic rings. The van der Waals surface area contributed by atoms with E-state index in [2.05, 4.69) is 42.8 Å². The second kappa shape index (κ2) is 7.25. The van der Waals surface area contributed by atoms with Gasteiger partial charge in [0, 0.05) is 31.7 Å². The highest BCUT2D eigenvalue weighted by Crippen LogP contribution is 2.08.